The molecule has 1 aliphatic heterocycles. The standard InChI is InChI=1S/C38H34N4/c1-5-21-6-2-19(1)33-27-15-25-13-14-26(39-25)16-28-34-20-3-7-22(8-4-20)36(34)30(41-28)18-32-38-24-11-9-23(10-12-24)37(38)31(42-32)17-29(40-27)35(21)33/h1,3,5,7,9,11,13-24,39-42H,2,4,6,8,10,12H2. The van der Waals surface area contributed by atoms with Crippen molar-refractivity contribution >= 4 is 24.3 Å². The molecule has 0 fully saturated rings. The van der Waals surface area contributed by atoms with Crippen LogP contribution in [0.3, 0.4) is 0 Å². The lowest BCUT2D eigenvalue weighted by Crippen LogP contribution is -2.23. The summed E-state index contributed by atoms with van der Waals surface area (Å²) in [5.74, 6) is 3.02. The Labute approximate surface area is 244 Å². The second-order valence-corrected chi connectivity index (χ2v) is 13.8. The van der Waals surface area contributed by atoms with Gasteiger partial charge in [0.05, 0.1) is 0 Å². The average molecular weight is 547 g/mol. The molecule has 4 heteroatoms. The van der Waals surface area contributed by atoms with E-state index in [1.54, 1.807) is 0 Å². The maximum atomic E-state index is 4.02. The molecule has 6 atom stereocenters. The summed E-state index contributed by atoms with van der Waals surface area (Å²) in [7, 11) is 0. The molecule has 4 N–H and O–H groups in total. The number of nitrogens with one attached hydrogen (secondary N) is 4. The van der Waals surface area contributed by atoms with Gasteiger partial charge >= 0.3 is 0 Å². The molecule has 4 aromatic heterocycles. The van der Waals surface area contributed by atoms with Crippen LogP contribution in [0.4, 0.5) is 0 Å². The van der Waals surface area contributed by atoms with Crippen LogP contribution in [0.15, 0.2) is 48.6 Å². The van der Waals surface area contributed by atoms with Crippen LogP contribution in [0.5, 0.6) is 0 Å². The summed E-state index contributed by atoms with van der Waals surface area (Å²) in [5.41, 5.74) is 14.3. The molecule has 206 valence electrons. The topological polar surface area (TPSA) is 63.2 Å². The zero-order valence-electron chi connectivity index (χ0n) is 23.6. The van der Waals surface area contributed by atoms with E-state index in [1.165, 1.54) is 105 Å². The van der Waals surface area contributed by atoms with Crippen LogP contribution in [0, 0.1) is 0 Å². The monoisotopic (exact) mass is 546 g/mol. The number of allylic oxidation sites excluding steroid dienone is 6. The summed E-state index contributed by atoms with van der Waals surface area (Å²) in [6.07, 6.45) is 32.0. The third-order valence-electron chi connectivity index (χ3n) is 11.6. The van der Waals surface area contributed by atoms with E-state index in [0.29, 0.717) is 35.5 Å². The highest BCUT2D eigenvalue weighted by molar-refractivity contribution is 5.70. The number of H-pyrrole nitrogens is 4. The molecule has 5 heterocycles. The lowest BCUT2D eigenvalue weighted by Gasteiger charge is -2.32. The van der Waals surface area contributed by atoms with Crippen molar-refractivity contribution in [1.82, 2.24) is 19.9 Å². The Bertz CT molecular complexity index is 2050. The van der Waals surface area contributed by atoms with E-state index in [2.05, 4.69) is 92.8 Å². The van der Waals surface area contributed by atoms with Crippen molar-refractivity contribution in [3.63, 3.8) is 0 Å². The number of aromatic nitrogens is 4. The van der Waals surface area contributed by atoms with Crippen LogP contribution in [0.25, 0.3) is 24.3 Å². The van der Waals surface area contributed by atoms with Crippen molar-refractivity contribution in [2.24, 2.45) is 0 Å². The van der Waals surface area contributed by atoms with Gasteiger partial charge in [-0.2, -0.15) is 0 Å². The smallest absolute Gasteiger partial charge is 0.0447 e. The Hall–Kier alpha value is -4.18. The molecule has 0 amide bonds. The predicted molar refractivity (Wildman–Crippen MR) is 168 cm³/mol. The van der Waals surface area contributed by atoms with E-state index >= 15 is 0 Å². The van der Waals surface area contributed by atoms with Crippen molar-refractivity contribution in [2.45, 2.75) is 74.0 Å². The summed E-state index contributed by atoms with van der Waals surface area (Å²) >= 11 is 0. The molecule has 14 rings (SSSR count). The van der Waals surface area contributed by atoms with Gasteiger partial charge in [-0.3, -0.25) is 0 Å². The number of fused-ring (bicyclic) bond motifs is 11. The molecule has 0 radical (unpaired) electrons. The number of hydrogen-bond donors (Lipinski definition) is 4. The maximum Gasteiger partial charge on any atom is 0.0447 e. The summed E-state index contributed by atoms with van der Waals surface area (Å²) in [5, 5.41) is 4.92. The minimum atomic E-state index is 0.502. The quantitative estimate of drug-likeness (QED) is 0.193. The first-order valence-corrected chi connectivity index (χ1v) is 16.2. The zero-order valence-corrected chi connectivity index (χ0v) is 23.6. The van der Waals surface area contributed by atoms with Gasteiger partial charge in [0.25, 0.3) is 0 Å². The van der Waals surface area contributed by atoms with Crippen LogP contribution in [0.2, 0.25) is 0 Å². The lowest BCUT2D eigenvalue weighted by molar-refractivity contribution is 0.552. The van der Waals surface area contributed by atoms with Crippen LogP contribution in [-0.4, -0.2) is 19.9 Å². The molecular weight excluding hydrogens is 512 g/mol. The van der Waals surface area contributed by atoms with E-state index in [0.717, 1.165) is 10.7 Å². The summed E-state index contributed by atoms with van der Waals surface area (Å²) in [4.78, 5) is 15.6. The maximum absolute atomic E-state index is 4.02. The minimum absolute atomic E-state index is 0.502. The van der Waals surface area contributed by atoms with Gasteiger partial charge in [0.2, 0.25) is 0 Å². The largest absolute Gasteiger partial charge is 0.355 e. The van der Waals surface area contributed by atoms with Crippen molar-refractivity contribution in [3.05, 3.63) is 126 Å². The van der Waals surface area contributed by atoms with Gasteiger partial charge in [0.15, 0.2) is 0 Å². The van der Waals surface area contributed by atoms with Gasteiger partial charge in [-0.15, -0.1) is 0 Å². The van der Waals surface area contributed by atoms with Gasteiger partial charge in [0.1, 0.15) is 0 Å². The van der Waals surface area contributed by atoms with Gasteiger partial charge in [-0.05, 0) is 108 Å². The summed E-state index contributed by atoms with van der Waals surface area (Å²) < 4.78 is 0. The van der Waals surface area contributed by atoms with Gasteiger partial charge < -0.3 is 19.9 Å². The fraction of sp³-hybridized carbons (Fsp3) is 0.316. The fourth-order valence-electron chi connectivity index (χ4n) is 9.89. The Kier molecular flexibility index (Phi) is 4.16. The van der Waals surface area contributed by atoms with E-state index < -0.39 is 0 Å². The average Bonchev–Trinajstić information content (AvgIpc) is 3.82. The van der Waals surface area contributed by atoms with Crippen molar-refractivity contribution < 1.29 is 0 Å². The number of aromatic amines is 4. The normalized spacial score (nSPS) is 29.8. The van der Waals surface area contributed by atoms with E-state index in [1.807, 2.05) is 0 Å². The molecule has 4 aromatic rings. The molecule has 4 nitrogen and oxygen atoms in total. The molecule has 6 unspecified atom stereocenters. The zero-order chi connectivity index (χ0) is 27.1. The van der Waals surface area contributed by atoms with Crippen LogP contribution < -0.4 is 21.4 Å². The predicted octanol–water partition coefficient (Wildman–Crippen LogP) is 5.22. The Morgan fingerprint density at radius 2 is 0.690 bits per heavy atom. The molecule has 0 spiro atoms. The molecule has 14 bridgehead atoms. The van der Waals surface area contributed by atoms with E-state index in [4.69, 9.17) is 0 Å². The number of rotatable bonds is 0. The highest BCUT2D eigenvalue weighted by Crippen LogP contribution is 2.50. The van der Waals surface area contributed by atoms with Gasteiger partial charge in [-0.25, -0.2) is 0 Å². The Morgan fingerprint density at radius 3 is 1.05 bits per heavy atom. The highest BCUT2D eigenvalue weighted by atomic mass is 14.8. The molecule has 0 saturated carbocycles. The van der Waals surface area contributed by atoms with E-state index in [-0.39, 0.29) is 0 Å². The van der Waals surface area contributed by atoms with Gasteiger partial charge in [0, 0.05) is 79.7 Å². The van der Waals surface area contributed by atoms with Crippen molar-refractivity contribution in [1.29, 1.82) is 0 Å². The third-order valence-corrected chi connectivity index (χ3v) is 11.6. The second kappa shape index (κ2) is 7.80. The van der Waals surface area contributed by atoms with Crippen LogP contribution in [0.1, 0.15) is 130 Å². The fourth-order valence-corrected chi connectivity index (χ4v) is 9.89. The summed E-state index contributed by atoms with van der Waals surface area (Å²) in [6, 6.07) is 4.48. The van der Waals surface area contributed by atoms with Crippen molar-refractivity contribution in [3.8, 4) is 0 Å². The highest BCUT2D eigenvalue weighted by Gasteiger charge is 2.37. The van der Waals surface area contributed by atoms with Crippen molar-refractivity contribution in [2.75, 3.05) is 0 Å². The van der Waals surface area contributed by atoms with Crippen LogP contribution in [-0.2, 0) is 0 Å². The first-order chi connectivity index (χ1) is 20.7. The lowest BCUT2D eigenvalue weighted by atomic mass is 9.71. The Morgan fingerprint density at radius 1 is 0.357 bits per heavy atom. The molecular formula is C38H34N4. The third kappa shape index (κ3) is 2.88. The van der Waals surface area contributed by atoms with Gasteiger partial charge in [-0.1, -0.05) is 36.5 Å². The molecule has 10 aliphatic rings. The number of hydrogen-bond acceptors (Lipinski definition) is 0. The molecule has 0 saturated heterocycles. The summed E-state index contributed by atoms with van der Waals surface area (Å²) in [6.45, 7) is 0. The second-order valence-electron chi connectivity index (χ2n) is 13.8. The molecule has 42 heavy (non-hydrogen) atoms. The molecule has 9 aliphatic carbocycles. The first kappa shape index (κ1) is 22.4. The van der Waals surface area contributed by atoms with E-state index in [9.17, 15) is 0 Å². The molecule has 0 aromatic carbocycles. The minimum Gasteiger partial charge on any atom is -0.355 e. The van der Waals surface area contributed by atoms with Crippen LogP contribution >= 0.6 is 0 Å². The first-order valence-electron chi connectivity index (χ1n) is 16.2. The Balaban J connectivity index is 1.27. The SMILES string of the molecule is C1=CC2CCC1c1c3[nH]c(c12)C=c1[nH]c(c2c1C1C=CC2CC1)=Cc1[nH]c(c2c1C1C=CC2CC1)C=c1ccc([nH]1)=C3.